The van der Waals surface area contributed by atoms with Crippen LogP contribution in [-0.2, 0) is 13.6 Å². The van der Waals surface area contributed by atoms with Crippen LogP contribution in [0.25, 0.3) is 33.3 Å². The van der Waals surface area contributed by atoms with Crippen molar-refractivity contribution < 1.29 is 18.1 Å². The Labute approximate surface area is 163 Å². The van der Waals surface area contributed by atoms with E-state index in [4.69, 9.17) is 4.98 Å². The van der Waals surface area contributed by atoms with Gasteiger partial charge in [-0.2, -0.15) is 0 Å². The molecule has 0 fully saturated rings. The highest BCUT2D eigenvalue weighted by Crippen LogP contribution is 2.32. The number of rotatable bonds is 3. The number of fused-ring (bicyclic) bond motifs is 1. The molecular formula is C22H20ClN3O. The molecule has 0 unspecified atom stereocenters. The first kappa shape index (κ1) is 18.8. The summed E-state index contributed by atoms with van der Waals surface area (Å²) in [5.41, 5.74) is 9.71. The molecule has 0 saturated heterocycles. The van der Waals surface area contributed by atoms with Gasteiger partial charge in [0.25, 0.3) is 5.56 Å². The second kappa shape index (κ2) is 7.74. The summed E-state index contributed by atoms with van der Waals surface area (Å²) in [5, 5.41) is 0.631. The topological polar surface area (TPSA) is 62.5 Å². The van der Waals surface area contributed by atoms with Gasteiger partial charge in [-0.1, -0.05) is 54.6 Å². The van der Waals surface area contributed by atoms with E-state index >= 15 is 0 Å². The molecule has 4 rings (SSSR count). The quantitative estimate of drug-likeness (QED) is 0.547. The maximum Gasteiger partial charge on any atom is 0.259 e. The van der Waals surface area contributed by atoms with Crippen LogP contribution in [0.3, 0.4) is 0 Å². The lowest BCUT2D eigenvalue weighted by Crippen LogP contribution is -3.00. The molecule has 136 valence electrons. The van der Waals surface area contributed by atoms with Crippen molar-refractivity contribution in [1.29, 1.82) is 0 Å². The van der Waals surface area contributed by atoms with Crippen LogP contribution in [0.5, 0.6) is 0 Å². The number of benzene rings is 2. The van der Waals surface area contributed by atoms with E-state index in [2.05, 4.69) is 30.0 Å². The molecule has 0 aliphatic carbocycles. The number of halogens is 1. The van der Waals surface area contributed by atoms with E-state index < -0.39 is 0 Å². The Hall–Kier alpha value is -2.95. The fraction of sp³-hybridized carbons (Fsp3) is 0.0909. The van der Waals surface area contributed by atoms with Crippen LogP contribution in [0.4, 0.5) is 0 Å². The predicted molar refractivity (Wildman–Crippen MR) is 104 cm³/mol. The SMILES string of the molecule is Cn1ccc2nc(-c3ccc(C[NH3+])cc3)c(-c3ccccc3)cc2c1=O.[Cl-]. The third-order valence-electron chi connectivity index (χ3n) is 4.66. The maximum absolute atomic E-state index is 12.6. The third kappa shape index (κ3) is 3.50. The minimum Gasteiger partial charge on any atom is -1.00 e. The summed E-state index contributed by atoms with van der Waals surface area (Å²) < 4.78 is 1.58. The van der Waals surface area contributed by atoms with Crippen molar-refractivity contribution in [2.75, 3.05) is 0 Å². The third-order valence-corrected chi connectivity index (χ3v) is 4.66. The Morgan fingerprint density at radius 3 is 2.33 bits per heavy atom. The van der Waals surface area contributed by atoms with Crippen LogP contribution in [0.15, 0.2) is 77.7 Å². The van der Waals surface area contributed by atoms with Gasteiger partial charge in [0.05, 0.1) is 23.1 Å². The van der Waals surface area contributed by atoms with Gasteiger partial charge in [-0.25, -0.2) is 4.98 Å². The first-order valence-corrected chi connectivity index (χ1v) is 8.62. The summed E-state index contributed by atoms with van der Waals surface area (Å²) >= 11 is 0. The smallest absolute Gasteiger partial charge is 0.259 e. The van der Waals surface area contributed by atoms with Crippen molar-refractivity contribution in [2.24, 2.45) is 7.05 Å². The number of nitrogens with zero attached hydrogens (tertiary/aromatic N) is 2. The minimum absolute atomic E-state index is 0. The molecule has 2 heterocycles. The molecule has 4 aromatic rings. The van der Waals surface area contributed by atoms with Gasteiger partial charge < -0.3 is 22.7 Å². The fourth-order valence-corrected chi connectivity index (χ4v) is 3.15. The van der Waals surface area contributed by atoms with Crippen molar-refractivity contribution >= 4 is 10.9 Å². The van der Waals surface area contributed by atoms with Crippen LogP contribution in [0.1, 0.15) is 5.56 Å². The number of hydrogen-bond donors (Lipinski definition) is 1. The van der Waals surface area contributed by atoms with E-state index in [9.17, 15) is 4.79 Å². The molecule has 0 radical (unpaired) electrons. The summed E-state index contributed by atoms with van der Waals surface area (Å²) in [6, 6.07) is 22.2. The molecule has 27 heavy (non-hydrogen) atoms. The van der Waals surface area contributed by atoms with Crippen molar-refractivity contribution in [2.45, 2.75) is 6.54 Å². The van der Waals surface area contributed by atoms with Gasteiger partial charge in [-0.15, -0.1) is 0 Å². The van der Waals surface area contributed by atoms with Gasteiger partial charge >= 0.3 is 0 Å². The zero-order valence-electron chi connectivity index (χ0n) is 15.0. The Kier molecular flexibility index (Phi) is 5.40. The number of hydrogen-bond acceptors (Lipinski definition) is 2. The summed E-state index contributed by atoms with van der Waals surface area (Å²) in [7, 11) is 1.76. The Balaban J connectivity index is 0.00000210. The molecule has 4 nitrogen and oxygen atoms in total. The van der Waals surface area contributed by atoms with Crippen molar-refractivity contribution in [1.82, 2.24) is 9.55 Å². The molecule has 0 aliphatic heterocycles. The molecule has 5 heteroatoms. The maximum atomic E-state index is 12.6. The largest absolute Gasteiger partial charge is 1.00 e. The van der Waals surface area contributed by atoms with Crippen LogP contribution in [0, 0.1) is 0 Å². The predicted octanol–water partition coefficient (Wildman–Crippen LogP) is 0.0134. The van der Waals surface area contributed by atoms with E-state index in [1.165, 1.54) is 5.56 Å². The van der Waals surface area contributed by atoms with Crippen LogP contribution in [0.2, 0.25) is 0 Å². The van der Waals surface area contributed by atoms with Crippen LogP contribution < -0.4 is 23.7 Å². The van der Waals surface area contributed by atoms with Gasteiger partial charge in [-0.05, 0) is 17.7 Å². The molecule has 2 aromatic heterocycles. The first-order valence-electron chi connectivity index (χ1n) is 8.62. The molecule has 0 atom stereocenters. The van der Waals surface area contributed by atoms with E-state index in [1.54, 1.807) is 17.8 Å². The highest BCUT2D eigenvalue weighted by molar-refractivity contribution is 5.91. The molecule has 3 N–H and O–H groups in total. The molecule has 0 bridgehead atoms. The monoisotopic (exact) mass is 377 g/mol. The summed E-state index contributed by atoms with van der Waals surface area (Å²) in [6.45, 7) is 0.757. The number of aryl methyl sites for hydroxylation is 1. The molecular weight excluding hydrogens is 358 g/mol. The lowest BCUT2D eigenvalue weighted by Gasteiger charge is -2.12. The number of pyridine rings is 2. The minimum atomic E-state index is -0.0360. The number of quaternary nitrogens is 1. The number of aromatic nitrogens is 2. The Morgan fingerprint density at radius 2 is 1.67 bits per heavy atom. The molecule has 0 amide bonds. The summed E-state index contributed by atoms with van der Waals surface area (Å²) in [5.74, 6) is 0. The van der Waals surface area contributed by atoms with Gasteiger partial charge in [0, 0.05) is 29.9 Å². The van der Waals surface area contributed by atoms with Crippen molar-refractivity contribution in [3.63, 3.8) is 0 Å². The second-order valence-electron chi connectivity index (χ2n) is 6.36. The lowest BCUT2D eigenvalue weighted by atomic mass is 9.97. The van der Waals surface area contributed by atoms with Crippen LogP contribution >= 0.6 is 0 Å². The zero-order chi connectivity index (χ0) is 18.1. The van der Waals surface area contributed by atoms with Crippen LogP contribution in [-0.4, -0.2) is 9.55 Å². The van der Waals surface area contributed by atoms with E-state index in [0.717, 1.165) is 28.9 Å². The van der Waals surface area contributed by atoms with Gasteiger partial charge in [0.1, 0.15) is 0 Å². The fourth-order valence-electron chi connectivity index (χ4n) is 3.15. The zero-order valence-corrected chi connectivity index (χ0v) is 15.8. The average Bonchev–Trinajstić information content (AvgIpc) is 2.71. The molecule has 0 aliphatic rings. The van der Waals surface area contributed by atoms with Gasteiger partial charge in [-0.3, -0.25) is 4.79 Å². The first-order chi connectivity index (χ1) is 12.7. The summed E-state index contributed by atoms with van der Waals surface area (Å²) in [4.78, 5) is 17.4. The van der Waals surface area contributed by atoms with E-state index in [1.807, 2.05) is 42.5 Å². The standard InChI is InChI=1S/C22H19N3O.ClH/c1-25-12-11-20-19(22(25)26)13-18(16-5-3-2-4-6-16)21(24-20)17-9-7-15(14-23)8-10-17;/h2-13H,14,23H2,1H3;1H. The van der Waals surface area contributed by atoms with Crippen molar-refractivity contribution in [3.8, 4) is 22.4 Å². The Morgan fingerprint density at radius 1 is 0.963 bits per heavy atom. The van der Waals surface area contributed by atoms with E-state index in [0.29, 0.717) is 10.9 Å². The van der Waals surface area contributed by atoms with E-state index in [-0.39, 0.29) is 18.0 Å². The molecule has 0 saturated carbocycles. The molecule has 0 spiro atoms. The lowest BCUT2D eigenvalue weighted by molar-refractivity contribution is -0.386. The highest BCUT2D eigenvalue weighted by atomic mass is 35.5. The second-order valence-corrected chi connectivity index (χ2v) is 6.36. The Bertz CT molecular complexity index is 1140. The van der Waals surface area contributed by atoms with Gasteiger partial charge in [0.2, 0.25) is 0 Å². The highest BCUT2D eigenvalue weighted by Gasteiger charge is 2.13. The van der Waals surface area contributed by atoms with Crippen molar-refractivity contribution in [3.05, 3.63) is 88.8 Å². The average molecular weight is 378 g/mol. The normalized spacial score (nSPS) is 10.6. The summed E-state index contributed by atoms with van der Waals surface area (Å²) in [6.07, 6.45) is 1.76. The molecule has 2 aromatic carbocycles. The van der Waals surface area contributed by atoms with Gasteiger partial charge in [0.15, 0.2) is 0 Å².